The summed E-state index contributed by atoms with van der Waals surface area (Å²) in [4.78, 5) is 5.13. The van der Waals surface area contributed by atoms with Gasteiger partial charge in [0.15, 0.2) is 0 Å². The summed E-state index contributed by atoms with van der Waals surface area (Å²) >= 11 is 0. The zero-order valence-electron chi connectivity index (χ0n) is 16.9. The van der Waals surface area contributed by atoms with Crippen molar-refractivity contribution in [2.24, 2.45) is 0 Å². The second-order valence-corrected chi connectivity index (χ2v) is 9.42. The van der Waals surface area contributed by atoms with Crippen molar-refractivity contribution < 1.29 is 13.2 Å². The molecule has 0 bridgehead atoms. The molecule has 1 aromatic heterocycles. The van der Waals surface area contributed by atoms with Crippen LogP contribution in [0.5, 0.6) is 0 Å². The van der Waals surface area contributed by atoms with Crippen molar-refractivity contribution in [2.75, 3.05) is 26.3 Å². The number of sulfonamides is 1. The Balaban J connectivity index is 1.56. The number of morpholine rings is 1. The minimum absolute atomic E-state index is 0.294. The molecule has 0 unspecified atom stereocenters. The van der Waals surface area contributed by atoms with Crippen molar-refractivity contribution in [1.82, 2.24) is 9.29 Å². The van der Waals surface area contributed by atoms with Crippen LogP contribution in [0.25, 0.3) is 33.3 Å². The molecule has 31 heavy (non-hydrogen) atoms. The summed E-state index contributed by atoms with van der Waals surface area (Å²) in [5.41, 5.74) is 4.82. The molecule has 5 rings (SSSR count). The van der Waals surface area contributed by atoms with Crippen LogP contribution in [0.3, 0.4) is 0 Å². The smallest absolute Gasteiger partial charge is 0.243 e. The standard InChI is InChI=1S/C25H22N2O3S/c28-31(29,27-14-16-30-17-15-27)21-12-10-20(11-13-21)25-18-23(19-6-2-1-3-7-19)22-8-4-5-9-24(22)26-25/h1-13,18H,14-17H2. The molecule has 0 saturated carbocycles. The number of para-hydroxylation sites is 1. The predicted molar refractivity (Wildman–Crippen MR) is 122 cm³/mol. The Morgan fingerprint density at radius 1 is 0.774 bits per heavy atom. The second-order valence-electron chi connectivity index (χ2n) is 7.48. The maximum atomic E-state index is 12.9. The lowest BCUT2D eigenvalue weighted by molar-refractivity contribution is 0.0730. The lowest BCUT2D eigenvalue weighted by Crippen LogP contribution is -2.40. The van der Waals surface area contributed by atoms with E-state index in [4.69, 9.17) is 9.72 Å². The third-order valence-electron chi connectivity index (χ3n) is 5.56. The molecule has 1 aliphatic heterocycles. The summed E-state index contributed by atoms with van der Waals surface area (Å²) in [6.07, 6.45) is 0. The van der Waals surface area contributed by atoms with Crippen molar-refractivity contribution in [2.45, 2.75) is 4.90 Å². The highest BCUT2D eigenvalue weighted by Crippen LogP contribution is 2.32. The van der Waals surface area contributed by atoms with Crippen LogP contribution in [-0.4, -0.2) is 44.0 Å². The minimum Gasteiger partial charge on any atom is -0.379 e. The summed E-state index contributed by atoms with van der Waals surface area (Å²) in [5.74, 6) is 0. The number of hydrogen-bond acceptors (Lipinski definition) is 4. The average Bonchev–Trinajstić information content (AvgIpc) is 2.84. The van der Waals surface area contributed by atoms with E-state index in [1.165, 1.54) is 4.31 Å². The minimum atomic E-state index is -3.51. The fourth-order valence-corrected chi connectivity index (χ4v) is 5.32. The van der Waals surface area contributed by atoms with E-state index in [9.17, 15) is 8.42 Å². The number of rotatable bonds is 4. The lowest BCUT2D eigenvalue weighted by atomic mass is 9.98. The van der Waals surface area contributed by atoms with Gasteiger partial charge in [-0.05, 0) is 35.4 Å². The molecule has 0 aliphatic carbocycles. The van der Waals surface area contributed by atoms with E-state index in [2.05, 4.69) is 24.3 Å². The third kappa shape index (κ3) is 3.85. The van der Waals surface area contributed by atoms with Crippen molar-refractivity contribution in [1.29, 1.82) is 0 Å². The van der Waals surface area contributed by atoms with Crippen LogP contribution < -0.4 is 0 Å². The summed E-state index contributed by atoms with van der Waals surface area (Å²) < 4.78 is 32.6. The summed E-state index contributed by atoms with van der Waals surface area (Å²) in [7, 11) is -3.51. The van der Waals surface area contributed by atoms with E-state index in [0.717, 1.165) is 33.3 Å². The first-order valence-electron chi connectivity index (χ1n) is 10.3. The molecular weight excluding hydrogens is 408 g/mol. The monoisotopic (exact) mass is 430 g/mol. The molecule has 5 nitrogen and oxygen atoms in total. The number of hydrogen-bond donors (Lipinski definition) is 0. The van der Waals surface area contributed by atoms with Crippen LogP contribution in [0.15, 0.2) is 89.8 Å². The topological polar surface area (TPSA) is 59.5 Å². The van der Waals surface area contributed by atoms with E-state index in [1.807, 2.05) is 48.5 Å². The lowest BCUT2D eigenvalue weighted by Gasteiger charge is -2.26. The van der Waals surface area contributed by atoms with Gasteiger partial charge in [-0.15, -0.1) is 0 Å². The van der Waals surface area contributed by atoms with Gasteiger partial charge in [-0.1, -0.05) is 60.7 Å². The molecule has 156 valence electrons. The highest BCUT2D eigenvalue weighted by Gasteiger charge is 2.26. The first kappa shape index (κ1) is 19.9. The first-order chi connectivity index (χ1) is 15.1. The molecule has 2 heterocycles. The molecule has 0 amide bonds. The van der Waals surface area contributed by atoms with Gasteiger partial charge in [0.25, 0.3) is 0 Å². The molecule has 1 aliphatic rings. The molecular formula is C25H22N2O3S. The molecule has 0 radical (unpaired) electrons. The van der Waals surface area contributed by atoms with E-state index < -0.39 is 10.0 Å². The molecule has 4 aromatic rings. The zero-order chi connectivity index (χ0) is 21.3. The Hall–Kier alpha value is -3.06. The maximum Gasteiger partial charge on any atom is 0.243 e. The van der Waals surface area contributed by atoms with E-state index in [0.29, 0.717) is 31.2 Å². The van der Waals surface area contributed by atoms with Crippen molar-refractivity contribution >= 4 is 20.9 Å². The van der Waals surface area contributed by atoms with Crippen molar-refractivity contribution in [3.63, 3.8) is 0 Å². The zero-order valence-corrected chi connectivity index (χ0v) is 17.8. The Morgan fingerprint density at radius 3 is 2.19 bits per heavy atom. The van der Waals surface area contributed by atoms with E-state index in [-0.39, 0.29) is 0 Å². The second kappa shape index (κ2) is 8.23. The fourth-order valence-electron chi connectivity index (χ4n) is 3.91. The van der Waals surface area contributed by atoms with Gasteiger partial charge in [0, 0.05) is 24.0 Å². The van der Waals surface area contributed by atoms with E-state index >= 15 is 0 Å². The first-order valence-corrected chi connectivity index (χ1v) is 11.7. The van der Waals surface area contributed by atoms with Crippen molar-refractivity contribution in [3.8, 4) is 22.4 Å². The molecule has 0 spiro atoms. The van der Waals surface area contributed by atoms with Crippen LogP contribution in [0, 0.1) is 0 Å². The van der Waals surface area contributed by atoms with Gasteiger partial charge >= 0.3 is 0 Å². The maximum absolute atomic E-state index is 12.9. The van der Waals surface area contributed by atoms with Gasteiger partial charge in [0.2, 0.25) is 10.0 Å². The molecule has 3 aromatic carbocycles. The Labute approximate surface area is 182 Å². The fraction of sp³-hybridized carbons (Fsp3) is 0.160. The quantitative estimate of drug-likeness (QED) is 0.475. The summed E-state index contributed by atoms with van der Waals surface area (Å²) in [5, 5.41) is 1.09. The van der Waals surface area contributed by atoms with Gasteiger partial charge in [-0.3, -0.25) is 0 Å². The molecule has 1 fully saturated rings. The van der Waals surface area contributed by atoms with Gasteiger partial charge in [-0.2, -0.15) is 4.31 Å². The Kier molecular flexibility index (Phi) is 5.28. The number of fused-ring (bicyclic) bond motifs is 1. The van der Waals surface area contributed by atoms with Crippen LogP contribution in [0.4, 0.5) is 0 Å². The Bertz CT molecular complexity index is 1310. The van der Waals surface area contributed by atoms with Crippen LogP contribution >= 0.6 is 0 Å². The van der Waals surface area contributed by atoms with Crippen molar-refractivity contribution in [3.05, 3.63) is 84.9 Å². The van der Waals surface area contributed by atoms with Gasteiger partial charge < -0.3 is 4.74 Å². The number of pyridine rings is 1. The molecule has 1 saturated heterocycles. The highest BCUT2D eigenvalue weighted by molar-refractivity contribution is 7.89. The highest BCUT2D eigenvalue weighted by atomic mass is 32.2. The largest absolute Gasteiger partial charge is 0.379 e. The normalized spacial score (nSPS) is 15.2. The Morgan fingerprint density at radius 2 is 1.45 bits per heavy atom. The number of aromatic nitrogens is 1. The van der Waals surface area contributed by atoms with Crippen LogP contribution in [0.1, 0.15) is 0 Å². The summed E-state index contributed by atoms with van der Waals surface area (Å²) in [6, 6.07) is 27.4. The van der Waals surface area contributed by atoms with Gasteiger partial charge in [-0.25, -0.2) is 13.4 Å². The third-order valence-corrected chi connectivity index (χ3v) is 7.47. The number of nitrogens with zero attached hydrogens (tertiary/aromatic N) is 2. The number of ether oxygens (including phenoxy) is 1. The molecule has 0 atom stereocenters. The van der Waals surface area contributed by atoms with E-state index in [1.54, 1.807) is 12.1 Å². The molecule has 6 heteroatoms. The van der Waals surface area contributed by atoms with Crippen LogP contribution in [0.2, 0.25) is 0 Å². The van der Waals surface area contributed by atoms with Gasteiger partial charge in [0.1, 0.15) is 0 Å². The van der Waals surface area contributed by atoms with Crippen LogP contribution in [-0.2, 0) is 14.8 Å². The SMILES string of the molecule is O=S(=O)(c1ccc(-c2cc(-c3ccccc3)c3ccccc3n2)cc1)N1CCOCC1. The average molecular weight is 431 g/mol. The molecule has 0 N–H and O–H groups in total. The predicted octanol–water partition coefficient (Wildman–Crippen LogP) is 4.59. The van der Waals surface area contributed by atoms with Gasteiger partial charge in [0.05, 0.1) is 29.3 Å². The number of benzene rings is 3. The summed E-state index contributed by atoms with van der Waals surface area (Å²) in [6.45, 7) is 1.63.